The molecular formula is C12H17N3O. The van der Waals surface area contributed by atoms with Crippen LogP contribution < -0.4 is 4.90 Å². The summed E-state index contributed by atoms with van der Waals surface area (Å²) in [6.45, 7) is 2.32. The Balaban J connectivity index is 1.98. The van der Waals surface area contributed by atoms with Crippen molar-refractivity contribution in [1.29, 1.82) is 0 Å². The van der Waals surface area contributed by atoms with Gasteiger partial charge in [0.2, 0.25) is 5.95 Å². The van der Waals surface area contributed by atoms with E-state index < -0.39 is 0 Å². The van der Waals surface area contributed by atoms with Crippen LogP contribution in [0.2, 0.25) is 0 Å². The standard InChI is InChI=1S/C12H17N3O/c16-8-4-1-5-11-9-13-12(14-10-11)15-6-2-3-7-15/h1,5,9-10,16H,2-4,6-8H2. The molecule has 0 atom stereocenters. The normalized spacial score (nSPS) is 16.2. The summed E-state index contributed by atoms with van der Waals surface area (Å²) in [5.41, 5.74) is 0.983. The third kappa shape index (κ3) is 2.79. The van der Waals surface area contributed by atoms with Crippen LogP contribution in [0.25, 0.3) is 6.08 Å². The summed E-state index contributed by atoms with van der Waals surface area (Å²) in [5.74, 6) is 0.830. The maximum absolute atomic E-state index is 8.64. The fraction of sp³-hybridized carbons (Fsp3) is 0.500. The highest BCUT2D eigenvalue weighted by atomic mass is 16.2. The maximum Gasteiger partial charge on any atom is 0.225 e. The molecule has 0 unspecified atom stereocenters. The quantitative estimate of drug-likeness (QED) is 0.833. The van der Waals surface area contributed by atoms with Gasteiger partial charge in [-0.25, -0.2) is 9.97 Å². The van der Waals surface area contributed by atoms with Gasteiger partial charge in [0.1, 0.15) is 0 Å². The molecule has 16 heavy (non-hydrogen) atoms. The lowest BCUT2D eigenvalue weighted by molar-refractivity contribution is 0.303. The Morgan fingerprint density at radius 1 is 1.25 bits per heavy atom. The van der Waals surface area contributed by atoms with Crippen molar-refractivity contribution in [3.05, 3.63) is 24.0 Å². The molecule has 1 fully saturated rings. The van der Waals surface area contributed by atoms with Crippen molar-refractivity contribution in [1.82, 2.24) is 9.97 Å². The fourth-order valence-corrected chi connectivity index (χ4v) is 1.79. The second kappa shape index (κ2) is 5.61. The molecular weight excluding hydrogens is 202 g/mol. The number of hydrogen-bond acceptors (Lipinski definition) is 4. The summed E-state index contributed by atoms with van der Waals surface area (Å²) in [6.07, 6.45) is 10.7. The van der Waals surface area contributed by atoms with Crippen molar-refractivity contribution >= 4 is 12.0 Å². The van der Waals surface area contributed by atoms with Gasteiger partial charge in [0, 0.05) is 37.7 Å². The second-order valence-corrected chi connectivity index (χ2v) is 3.93. The monoisotopic (exact) mass is 219 g/mol. The number of aliphatic hydroxyl groups is 1. The van der Waals surface area contributed by atoms with Crippen LogP contribution >= 0.6 is 0 Å². The van der Waals surface area contributed by atoms with E-state index in [1.54, 1.807) is 0 Å². The number of aliphatic hydroxyl groups excluding tert-OH is 1. The number of anilines is 1. The Labute approximate surface area is 95.6 Å². The van der Waals surface area contributed by atoms with Gasteiger partial charge in [-0.15, -0.1) is 0 Å². The molecule has 0 amide bonds. The molecule has 0 spiro atoms. The first kappa shape index (κ1) is 11.1. The molecule has 4 heteroatoms. The first-order valence-electron chi connectivity index (χ1n) is 5.74. The second-order valence-electron chi connectivity index (χ2n) is 3.93. The summed E-state index contributed by atoms with van der Waals surface area (Å²) < 4.78 is 0. The minimum absolute atomic E-state index is 0.184. The summed E-state index contributed by atoms with van der Waals surface area (Å²) in [4.78, 5) is 10.9. The lowest BCUT2D eigenvalue weighted by atomic mass is 10.3. The molecule has 1 aromatic rings. The van der Waals surface area contributed by atoms with Crippen LogP contribution in [0.5, 0.6) is 0 Å². The van der Waals surface area contributed by atoms with Crippen molar-refractivity contribution in [2.24, 2.45) is 0 Å². The molecule has 4 nitrogen and oxygen atoms in total. The van der Waals surface area contributed by atoms with Crippen LogP contribution in [0, 0.1) is 0 Å². The van der Waals surface area contributed by atoms with Crippen LogP contribution in [-0.4, -0.2) is 34.8 Å². The third-order valence-corrected chi connectivity index (χ3v) is 2.65. The van der Waals surface area contributed by atoms with Crippen molar-refractivity contribution in [3.8, 4) is 0 Å². The van der Waals surface area contributed by atoms with Gasteiger partial charge in [-0.3, -0.25) is 0 Å². The highest BCUT2D eigenvalue weighted by molar-refractivity contribution is 5.47. The number of nitrogens with zero attached hydrogens (tertiary/aromatic N) is 3. The van der Waals surface area contributed by atoms with Gasteiger partial charge >= 0.3 is 0 Å². The Kier molecular flexibility index (Phi) is 3.88. The molecule has 1 aromatic heterocycles. The van der Waals surface area contributed by atoms with Crippen LogP contribution in [-0.2, 0) is 0 Å². The lowest BCUT2D eigenvalue weighted by Gasteiger charge is -2.14. The smallest absolute Gasteiger partial charge is 0.225 e. The summed E-state index contributed by atoms with van der Waals surface area (Å²) in [5, 5.41) is 8.64. The minimum atomic E-state index is 0.184. The highest BCUT2D eigenvalue weighted by Gasteiger charge is 2.13. The predicted octanol–water partition coefficient (Wildman–Crippen LogP) is 1.47. The van der Waals surface area contributed by atoms with Crippen LogP contribution in [0.3, 0.4) is 0 Å². The van der Waals surface area contributed by atoms with Gasteiger partial charge < -0.3 is 10.0 Å². The topological polar surface area (TPSA) is 49.3 Å². The lowest BCUT2D eigenvalue weighted by Crippen LogP contribution is -2.20. The molecule has 0 radical (unpaired) electrons. The van der Waals surface area contributed by atoms with Crippen LogP contribution in [0.4, 0.5) is 5.95 Å². The van der Waals surface area contributed by atoms with Gasteiger partial charge in [0.05, 0.1) is 0 Å². The summed E-state index contributed by atoms with van der Waals surface area (Å²) in [7, 11) is 0. The van der Waals surface area contributed by atoms with Gasteiger partial charge in [-0.1, -0.05) is 12.2 Å². The zero-order valence-electron chi connectivity index (χ0n) is 9.34. The van der Waals surface area contributed by atoms with Crippen LogP contribution in [0.15, 0.2) is 18.5 Å². The molecule has 1 aliphatic heterocycles. The van der Waals surface area contributed by atoms with E-state index in [2.05, 4.69) is 14.9 Å². The number of aromatic nitrogens is 2. The van der Waals surface area contributed by atoms with E-state index in [4.69, 9.17) is 5.11 Å². The SMILES string of the molecule is OCCC=Cc1cnc(N2CCCC2)nc1. The van der Waals surface area contributed by atoms with E-state index >= 15 is 0 Å². The van der Waals surface area contributed by atoms with Crippen molar-refractivity contribution in [2.75, 3.05) is 24.6 Å². The first-order chi connectivity index (χ1) is 7.90. The van der Waals surface area contributed by atoms with Gasteiger partial charge in [0.25, 0.3) is 0 Å². The number of rotatable bonds is 4. The third-order valence-electron chi connectivity index (χ3n) is 2.65. The number of hydrogen-bond donors (Lipinski definition) is 1. The molecule has 1 N–H and O–H groups in total. The zero-order chi connectivity index (χ0) is 11.2. The maximum atomic E-state index is 8.64. The molecule has 1 saturated heterocycles. The van der Waals surface area contributed by atoms with E-state index in [9.17, 15) is 0 Å². The van der Waals surface area contributed by atoms with E-state index in [1.165, 1.54) is 12.8 Å². The molecule has 0 aliphatic carbocycles. The zero-order valence-corrected chi connectivity index (χ0v) is 9.34. The Hall–Kier alpha value is -1.42. The Bertz CT molecular complexity index is 342. The highest BCUT2D eigenvalue weighted by Crippen LogP contribution is 2.15. The largest absolute Gasteiger partial charge is 0.396 e. The minimum Gasteiger partial charge on any atom is -0.396 e. The molecule has 0 saturated carbocycles. The van der Waals surface area contributed by atoms with Gasteiger partial charge in [-0.2, -0.15) is 0 Å². The average Bonchev–Trinajstić information content (AvgIpc) is 2.84. The molecule has 0 aromatic carbocycles. The van der Waals surface area contributed by atoms with Crippen molar-refractivity contribution in [3.63, 3.8) is 0 Å². The Morgan fingerprint density at radius 2 is 1.94 bits per heavy atom. The van der Waals surface area contributed by atoms with E-state index in [-0.39, 0.29) is 6.61 Å². The summed E-state index contributed by atoms with van der Waals surface area (Å²) in [6, 6.07) is 0. The average molecular weight is 219 g/mol. The summed E-state index contributed by atoms with van der Waals surface area (Å²) >= 11 is 0. The van der Waals surface area contributed by atoms with E-state index in [0.29, 0.717) is 6.42 Å². The van der Waals surface area contributed by atoms with Gasteiger partial charge in [0.15, 0.2) is 0 Å². The predicted molar refractivity (Wildman–Crippen MR) is 64.2 cm³/mol. The molecule has 0 bridgehead atoms. The van der Waals surface area contributed by atoms with E-state index in [1.807, 2.05) is 24.5 Å². The Morgan fingerprint density at radius 3 is 2.56 bits per heavy atom. The molecule has 2 heterocycles. The van der Waals surface area contributed by atoms with Gasteiger partial charge in [-0.05, 0) is 19.3 Å². The molecule has 86 valence electrons. The fourth-order valence-electron chi connectivity index (χ4n) is 1.79. The van der Waals surface area contributed by atoms with E-state index in [0.717, 1.165) is 24.6 Å². The molecule has 1 aliphatic rings. The first-order valence-corrected chi connectivity index (χ1v) is 5.74. The van der Waals surface area contributed by atoms with Crippen LogP contribution in [0.1, 0.15) is 24.8 Å². The van der Waals surface area contributed by atoms with Crippen molar-refractivity contribution < 1.29 is 5.11 Å². The van der Waals surface area contributed by atoms with Crippen molar-refractivity contribution in [2.45, 2.75) is 19.3 Å². The molecule has 2 rings (SSSR count).